The van der Waals surface area contributed by atoms with Crippen molar-refractivity contribution in [2.24, 2.45) is 0 Å². The first-order chi connectivity index (χ1) is 10.6. The van der Waals surface area contributed by atoms with E-state index < -0.39 is 0 Å². The average molecular weight is 319 g/mol. The summed E-state index contributed by atoms with van der Waals surface area (Å²) in [4.78, 5) is 18.6. The number of anilines is 1. The summed E-state index contributed by atoms with van der Waals surface area (Å²) in [6, 6.07) is 7.39. The van der Waals surface area contributed by atoms with Crippen LogP contribution < -0.4 is 15.4 Å². The average Bonchev–Trinajstić information content (AvgIpc) is 2.95. The van der Waals surface area contributed by atoms with E-state index in [-0.39, 0.29) is 12.1 Å². The highest BCUT2D eigenvalue weighted by molar-refractivity contribution is 7.11. The van der Waals surface area contributed by atoms with Crippen molar-refractivity contribution in [3.63, 3.8) is 0 Å². The van der Waals surface area contributed by atoms with E-state index in [4.69, 9.17) is 4.74 Å². The number of amides is 2. The van der Waals surface area contributed by atoms with E-state index in [9.17, 15) is 4.79 Å². The third kappa shape index (κ3) is 4.73. The van der Waals surface area contributed by atoms with Crippen LogP contribution in [0.2, 0.25) is 0 Å². The van der Waals surface area contributed by atoms with Gasteiger partial charge in [-0.3, -0.25) is 0 Å². The number of hydrogen-bond donors (Lipinski definition) is 2. The van der Waals surface area contributed by atoms with Crippen LogP contribution in [0.4, 0.5) is 10.5 Å². The summed E-state index contributed by atoms with van der Waals surface area (Å²) in [5.74, 6) is 0.428. The minimum absolute atomic E-state index is 0.00269. The second-order valence-electron chi connectivity index (χ2n) is 5.05. The summed E-state index contributed by atoms with van der Waals surface area (Å²) >= 11 is 1.71. The normalized spacial score (nSPS) is 10.5. The van der Waals surface area contributed by atoms with E-state index in [1.807, 2.05) is 19.9 Å². The molecule has 0 aliphatic carbocycles. The van der Waals surface area contributed by atoms with Gasteiger partial charge in [-0.2, -0.15) is 0 Å². The number of urea groups is 1. The molecule has 118 valence electrons. The summed E-state index contributed by atoms with van der Waals surface area (Å²) in [6.45, 7) is 6.47. The van der Waals surface area contributed by atoms with Crippen molar-refractivity contribution < 1.29 is 9.53 Å². The molecule has 0 atom stereocenters. The Morgan fingerprint density at radius 1 is 1.32 bits per heavy atom. The predicted octanol–water partition coefficient (Wildman–Crippen LogP) is 3.81. The van der Waals surface area contributed by atoms with Crippen LogP contribution in [0.25, 0.3) is 0 Å². The predicted molar refractivity (Wildman–Crippen MR) is 89.6 cm³/mol. The third-order valence-electron chi connectivity index (χ3n) is 2.86. The minimum Gasteiger partial charge on any atom is -0.473 e. The molecular weight excluding hydrogens is 298 g/mol. The molecular formula is C16H21N3O2S. The Morgan fingerprint density at radius 2 is 2.09 bits per heavy atom. The number of ether oxygens (including phenoxy) is 1. The summed E-state index contributed by atoms with van der Waals surface area (Å²) in [5.41, 5.74) is 0.564. The zero-order chi connectivity index (χ0) is 15.9. The topological polar surface area (TPSA) is 63.2 Å². The van der Waals surface area contributed by atoms with E-state index in [1.54, 1.807) is 29.7 Å². The Hall–Kier alpha value is -2.08. The van der Waals surface area contributed by atoms with Crippen molar-refractivity contribution >= 4 is 23.1 Å². The van der Waals surface area contributed by atoms with Gasteiger partial charge in [0, 0.05) is 16.0 Å². The standard InChI is InChI=1S/C16H21N3O2S/c1-4-12-7-8-13(22-12)10-18-16(20)19-14-6-5-9-17-15(14)21-11(2)3/h5-9,11H,4,10H2,1-3H3,(H2,18,19,20). The molecule has 0 unspecified atom stereocenters. The first-order valence-corrected chi connectivity index (χ1v) is 8.14. The second-order valence-corrected chi connectivity index (χ2v) is 6.30. The van der Waals surface area contributed by atoms with E-state index in [2.05, 4.69) is 28.6 Å². The van der Waals surface area contributed by atoms with Gasteiger partial charge in [-0.15, -0.1) is 11.3 Å². The molecule has 2 N–H and O–H groups in total. The summed E-state index contributed by atoms with van der Waals surface area (Å²) in [6.07, 6.45) is 2.65. The fourth-order valence-corrected chi connectivity index (χ4v) is 2.74. The Kier molecular flexibility index (Phi) is 5.77. The Bertz CT molecular complexity index is 625. The number of aromatic nitrogens is 1. The summed E-state index contributed by atoms with van der Waals surface area (Å²) in [7, 11) is 0. The van der Waals surface area contributed by atoms with Gasteiger partial charge >= 0.3 is 6.03 Å². The number of nitrogens with zero attached hydrogens (tertiary/aromatic N) is 1. The largest absolute Gasteiger partial charge is 0.473 e. The van der Waals surface area contributed by atoms with Gasteiger partial charge in [0.05, 0.1) is 12.6 Å². The SMILES string of the molecule is CCc1ccc(CNC(=O)Nc2cccnc2OC(C)C)s1. The van der Waals surface area contributed by atoms with Crippen LogP contribution in [-0.2, 0) is 13.0 Å². The molecule has 0 aliphatic rings. The van der Waals surface area contributed by atoms with Gasteiger partial charge in [0.15, 0.2) is 0 Å². The lowest BCUT2D eigenvalue weighted by atomic mass is 10.3. The molecule has 0 fully saturated rings. The number of pyridine rings is 1. The number of aryl methyl sites for hydroxylation is 1. The van der Waals surface area contributed by atoms with E-state index in [1.165, 1.54) is 4.88 Å². The number of carbonyl (C=O) groups is 1. The maximum absolute atomic E-state index is 12.0. The molecule has 2 aromatic heterocycles. The second kappa shape index (κ2) is 7.79. The molecule has 22 heavy (non-hydrogen) atoms. The summed E-state index contributed by atoms with van der Waals surface area (Å²) in [5, 5.41) is 5.62. The Morgan fingerprint density at radius 3 is 2.77 bits per heavy atom. The fourth-order valence-electron chi connectivity index (χ4n) is 1.84. The third-order valence-corrected chi connectivity index (χ3v) is 4.09. The zero-order valence-electron chi connectivity index (χ0n) is 13.1. The van der Waals surface area contributed by atoms with Crippen LogP contribution in [0.5, 0.6) is 5.88 Å². The minimum atomic E-state index is -0.270. The molecule has 0 aromatic carbocycles. The first kappa shape index (κ1) is 16.3. The van der Waals surface area contributed by atoms with Crippen molar-refractivity contribution in [2.75, 3.05) is 5.32 Å². The van der Waals surface area contributed by atoms with E-state index >= 15 is 0 Å². The monoisotopic (exact) mass is 319 g/mol. The Balaban J connectivity index is 1.91. The molecule has 2 rings (SSSR count). The van der Waals surface area contributed by atoms with Crippen molar-refractivity contribution in [2.45, 2.75) is 39.8 Å². The molecule has 2 heterocycles. The molecule has 0 bridgehead atoms. The van der Waals surface area contributed by atoms with Gasteiger partial charge in [0.25, 0.3) is 0 Å². The van der Waals surface area contributed by atoms with Crippen molar-refractivity contribution in [3.8, 4) is 5.88 Å². The van der Waals surface area contributed by atoms with Crippen LogP contribution in [0.3, 0.4) is 0 Å². The molecule has 0 saturated heterocycles. The number of nitrogens with one attached hydrogen (secondary N) is 2. The van der Waals surface area contributed by atoms with Crippen LogP contribution >= 0.6 is 11.3 Å². The van der Waals surface area contributed by atoms with Crippen molar-refractivity contribution in [1.29, 1.82) is 0 Å². The molecule has 6 heteroatoms. The van der Waals surface area contributed by atoms with E-state index in [0.717, 1.165) is 11.3 Å². The molecule has 5 nitrogen and oxygen atoms in total. The Labute approximate surface area is 134 Å². The lowest BCUT2D eigenvalue weighted by molar-refractivity contribution is 0.233. The molecule has 2 amide bonds. The van der Waals surface area contributed by atoms with Gasteiger partial charge < -0.3 is 15.4 Å². The van der Waals surface area contributed by atoms with E-state index in [0.29, 0.717) is 18.1 Å². The first-order valence-electron chi connectivity index (χ1n) is 7.32. The van der Waals surface area contributed by atoms with Crippen LogP contribution in [0.15, 0.2) is 30.5 Å². The summed E-state index contributed by atoms with van der Waals surface area (Å²) < 4.78 is 5.58. The number of hydrogen-bond acceptors (Lipinski definition) is 4. The lowest BCUT2D eigenvalue weighted by Crippen LogP contribution is -2.28. The maximum atomic E-state index is 12.0. The molecule has 0 spiro atoms. The molecule has 0 radical (unpaired) electrons. The molecule has 2 aromatic rings. The highest BCUT2D eigenvalue weighted by Crippen LogP contribution is 2.21. The van der Waals surface area contributed by atoms with Crippen molar-refractivity contribution in [1.82, 2.24) is 10.3 Å². The number of rotatable bonds is 6. The van der Waals surface area contributed by atoms with Crippen LogP contribution in [0, 0.1) is 0 Å². The zero-order valence-corrected chi connectivity index (χ0v) is 13.9. The molecule has 0 saturated carbocycles. The number of thiophene rings is 1. The van der Waals surface area contributed by atoms with Gasteiger partial charge in [0.1, 0.15) is 5.69 Å². The fraction of sp³-hybridized carbons (Fsp3) is 0.375. The molecule has 0 aliphatic heterocycles. The highest BCUT2D eigenvalue weighted by atomic mass is 32.1. The van der Waals surface area contributed by atoms with Gasteiger partial charge in [0.2, 0.25) is 5.88 Å². The lowest BCUT2D eigenvalue weighted by Gasteiger charge is -2.13. The van der Waals surface area contributed by atoms with Crippen molar-refractivity contribution in [3.05, 3.63) is 40.2 Å². The van der Waals surface area contributed by atoms with Crippen LogP contribution in [-0.4, -0.2) is 17.1 Å². The maximum Gasteiger partial charge on any atom is 0.319 e. The smallest absolute Gasteiger partial charge is 0.319 e. The quantitative estimate of drug-likeness (QED) is 0.851. The van der Waals surface area contributed by atoms with Gasteiger partial charge in [-0.1, -0.05) is 6.92 Å². The highest BCUT2D eigenvalue weighted by Gasteiger charge is 2.10. The van der Waals surface area contributed by atoms with Gasteiger partial charge in [-0.25, -0.2) is 9.78 Å². The van der Waals surface area contributed by atoms with Gasteiger partial charge in [-0.05, 0) is 44.5 Å². The van der Waals surface area contributed by atoms with Crippen LogP contribution in [0.1, 0.15) is 30.5 Å². The number of carbonyl (C=O) groups excluding carboxylic acids is 1.